The van der Waals surface area contributed by atoms with E-state index in [0.29, 0.717) is 24.6 Å². The molecule has 0 aromatic rings. The minimum absolute atomic E-state index is 0.0652. The normalized spacial score (nSPS) is 31.9. The first-order valence-corrected chi connectivity index (χ1v) is 8.15. The maximum absolute atomic E-state index is 12.1. The molecule has 1 saturated heterocycles. The Hall–Kier alpha value is -0.610. The van der Waals surface area contributed by atoms with E-state index in [0.717, 1.165) is 25.3 Å². The highest BCUT2D eigenvalue weighted by Crippen LogP contribution is 2.40. The van der Waals surface area contributed by atoms with Crippen molar-refractivity contribution in [2.24, 2.45) is 11.3 Å². The number of hydrogen-bond acceptors (Lipinski definition) is 3. The van der Waals surface area contributed by atoms with E-state index in [-0.39, 0.29) is 12.0 Å². The number of amides is 1. The molecule has 2 aliphatic rings. The molecule has 1 aliphatic carbocycles. The fourth-order valence-corrected chi connectivity index (χ4v) is 3.34. The fraction of sp³-hybridized carbons (Fsp3) is 0.938. The number of ether oxygens (including phenoxy) is 1. The molecular weight excluding hydrogens is 252 g/mol. The summed E-state index contributed by atoms with van der Waals surface area (Å²) in [4.78, 5) is 12.1. The van der Waals surface area contributed by atoms with Crippen LogP contribution in [0.3, 0.4) is 0 Å². The predicted octanol–water partition coefficient (Wildman–Crippen LogP) is 2.09. The Morgan fingerprint density at radius 1 is 1.30 bits per heavy atom. The maximum Gasteiger partial charge on any atom is 0.250 e. The highest BCUT2D eigenvalue weighted by Gasteiger charge is 2.33. The van der Waals surface area contributed by atoms with Gasteiger partial charge in [-0.2, -0.15) is 0 Å². The number of carbonyl (C=O) groups excluding carboxylic acids is 1. The van der Waals surface area contributed by atoms with Gasteiger partial charge in [-0.05, 0) is 37.0 Å². The van der Waals surface area contributed by atoms with Gasteiger partial charge in [0.05, 0.1) is 6.61 Å². The standard InChI is InChI=1S/C16H30N2O2/c1-4-16(2,3)12-5-7-13(8-6-12)18-15(19)14-11-17-9-10-20-14/h12-14,17H,4-11H2,1-3H3,(H,18,19). The molecule has 0 spiro atoms. The lowest BCUT2D eigenvalue weighted by molar-refractivity contribution is -0.135. The zero-order chi connectivity index (χ0) is 14.6. The number of carbonyl (C=O) groups is 1. The molecule has 2 fully saturated rings. The molecule has 20 heavy (non-hydrogen) atoms. The van der Waals surface area contributed by atoms with Crippen molar-refractivity contribution < 1.29 is 9.53 Å². The van der Waals surface area contributed by atoms with Crippen molar-refractivity contribution in [2.75, 3.05) is 19.7 Å². The van der Waals surface area contributed by atoms with Crippen molar-refractivity contribution in [3.05, 3.63) is 0 Å². The summed E-state index contributed by atoms with van der Waals surface area (Å²) in [6, 6.07) is 0.344. The Kier molecular flexibility index (Phi) is 5.44. The fourth-order valence-electron chi connectivity index (χ4n) is 3.34. The van der Waals surface area contributed by atoms with E-state index in [1.54, 1.807) is 0 Å². The molecule has 1 aliphatic heterocycles. The summed E-state index contributed by atoms with van der Waals surface area (Å²) >= 11 is 0. The molecule has 2 N–H and O–H groups in total. The van der Waals surface area contributed by atoms with E-state index in [1.807, 2.05) is 0 Å². The van der Waals surface area contributed by atoms with Crippen LogP contribution in [0.4, 0.5) is 0 Å². The number of rotatable bonds is 4. The Balaban J connectivity index is 1.75. The molecule has 4 heteroatoms. The van der Waals surface area contributed by atoms with Gasteiger partial charge in [-0.3, -0.25) is 4.79 Å². The maximum atomic E-state index is 12.1. The van der Waals surface area contributed by atoms with Crippen LogP contribution < -0.4 is 10.6 Å². The van der Waals surface area contributed by atoms with E-state index < -0.39 is 0 Å². The molecule has 2 rings (SSSR count). The highest BCUT2D eigenvalue weighted by atomic mass is 16.5. The van der Waals surface area contributed by atoms with Gasteiger partial charge in [-0.25, -0.2) is 0 Å². The van der Waals surface area contributed by atoms with Gasteiger partial charge in [-0.1, -0.05) is 27.2 Å². The zero-order valence-corrected chi connectivity index (χ0v) is 13.2. The van der Waals surface area contributed by atoms with Crippen LogP contribution in [0, 0.1) is 11.3 Å². The third-order valence-corrected chi connectivity index (χ3v) is 5.31. The van der Waals surface area contributed by atoms with Crippen molar-refractivity contribution in [2.45, 2.75) is 65.0 Å². The summed E-state index contributed by atoms with van der Waals surface area (Å²) in [7, 11) is 0. The van der Waals surface area contributed by atoms with E-state index in [1.165, 1.54) is 19.3 Å². The van der Waals surface area contributed by atoms with Crippen LogP contribution in [-0.4, -0.2) is 37.7 Å². The van der Waals surface area contributed by atoms with Gasteiger partial charge < -0.3 is 15.4 Å². The Labute approximate surface area is 123 Å². The number of morpholine rings is 1. The molecule has 1 atom stereocenters. The van der Waals surface area contributed by atoms with Crippen molar-refractivity contribution in [1.29, 1.82) is 0 Å². The molecule has 1 amide bonds. The first kappa shape index (κ1) is 15.8. The lowest BCUT2D eigenvalue weighted by Crippen LogP contribution is -2.51. The molecule has 0 aromatic heterocycles. The zero-order valence-electron chi connectivity index (χ0n) is 13.2. The monoisotopic (exact) mass is 282 g/mol. The summed E-state index contributed by atoms with van der Waals surface area (Å²) in [5.74, 6) is 0.864. The highest BCUT2D eigenvalue weighted by molar-refractivity contribution is 5.81. The van der Waals surface area contributed by atoms with E-state index in [9.17, 15) is 4.79 Å². The molecule has 1 heterocycles. The van der Waals surface area contributed by atoms with E-state index in [4.69, 9.17) is 4.74 Å². The SMILES string of the molecule is CCC(C)(C)C1CCC(NC(=O)C2CNCCO2)CC1. The summed E-state index contributed by atoms with van der Waals surface area (Å²) < 4.78 is 5.50. The van der Waals surface area contributed by atoms with Gasteiger partial charge in [-0.15, -0.1) is 0 Å². The van der Waals surface area contributed by atoms with Gasteiger partial charge in [0.2, 0.25) is 0 Å². The van der Waals surface area contributed by atoms with Crippen LogP contribution in [0.2, 0.25) is 0 Å². The second-order valence-corrected chi connectivity index (χ2v) is 6.96. The van der Waals surface area contributed by atoms with Gasteiger partial charge in [0, 0.05) is 19.1 Å². The van der Waals surface area contributed by atoms with E-state index >= 15 is 0 Å². The lowest BCUT2D eigenvalue weighted by atomic mass is 9.69. The van der Waals surface area contributed by atoms with Gasteiger partial charge in [0.25, 0.3) is 5.91 Å². The van der Waals surface area contributed by atoms with Gasteiger partial charge in [0.15, 0.2) is 0 Å². The third-order valence-electron chi connectivity index (χ3n) is 5.31. The predicted molar refractivity (Wildman–Crippen MR) is 80.6 cm³/mol. The number of hydrogen-bond donors (Lipinski definition) is 2. The Morgan fingerprint density at radius 3 is 2.55 bits per heavy atom. The van der Waals surface area contributed by atoms with Crippen molar-refractivity contribution in [3.8, 4) is 0 Å². The molecular formula is C16H30N2O2. The average Bonchev–Trinajstić information content (AvgIpc) is 2.48. The second kappa shape index (κ2) is 6.90. The van der Waals surface area contributed by atoms with E-state index in [2.05, 4.69) is 31.4 Å². The molecule has 116 valence electrons. The molecule has 1 saturated carbocycles. The van der Waals surface area contributed by atoms with Crippen LogP contribution in [0.5, 0.6) is 0 Å². The van der Waals surface area contributed by atoms with Gasteiger partial charge in [0.1, 0.15) is 6.10 Å². The number of nitrogens with one attached hydrogen (secondary N) is 2. The van der Waals surface area contributed by atoms with Crippen LogP contribution in [0.25, 0.3) is 0 Å². The van der Waals surface area contributed by atoms with Crippen molar-refractivity contribution in [1.82, 2.24) is 10.6 Å². The summed E-state index contributed by atoms with van der Waals surface area (Å²) in [6.45, 7) is 9.15. The summed E-state index contributed by atoms with van der Waals surface area (Å²) in [5.41, 5.74) is 0.436. The second-order valence-electron chi connectivity index (χ2n) is 6.96. The minimum Gasteiger partial charge on any atom is -0.366 e. The van der Waals surface area contributed by atoms with Crippen LogP contribution >= 0.6 is 0 Å². The molecule has 0 bridgehead atoms. The molecule has 0 radical (unpaired) electrons. The molecule has 1 unspecified atom stereocenters. The first-order chi connectivity index (χ1) is 9.53. The Bertz CT molecular complexity index is 316. The smallest absolute Gasteiger partial charge is 0.250 e. The van der Waals surface area contributed by atoms with Crippen molar-refractivity contribution >= 4 is 5.91 Å². The van der Waals surface area contributed by atoms with Crippen LogP contribution in [0.1, 0.15) is 52.9 Å². The molecule has 0 aromatic carbocycles. The van der Waals surface area contributed by atoms with Gasteiger partial charge >= 0.3 is 0 Å². The first-order valence-electron chi connectivity index (χ1n) is 8.15. The average molecular weight is 282 g/mol. The molecule has 4 nitrogen and oxygen atoms in total. The van der Waals surface area contributed by atoms with Crippen LogP contribution in [0.15, 0.2) is 0 Å². The Morgan fingerprint density at radius 2 is 2.00 bits per heavy atom. The van der Waals surface area contributed by atoms with Crippen LogP contribution in [-0.2, 0) is 9.53 Å². The third kappa shape index (κ3) is 3.95. The lowest BCUT2D eigenvalue weighted by Gasteiger charge is -2.39. The minimum atomic E-state index is -0.298. The summed E-state index contributed by atoms with van der Waals surface area (Å²) in [5, 5.41) is 6.38. The summed E-state index contributed by atoms with van der Waals surface area (Å²) in [6.07, 6.45) is 5.62. The topological polar surface area (TPSA) is 50.4 Å². The quantitative estimate of drug-likeness (QED) is 0.830. The van der Waals surface area contributed by atoms with Crippen molar-refractivity contribution in [3.63, 3.8) is 0 Å². The largest absolute Gasteiger partial charge is 0.366 e.